The summed E-state index contributed by atoms with van der Waals surface area (Å²) in [6.45, 7) is 1.68. The minimum Gasteiger partial charge on any atom is -0.497 e. The largest absolute Gasteiger partial charge is 0.497 e. The van der Waals surface area contributed by atoms with Gasteiger partial charge in [-0.15, -0.1) is 0 Å². The molecule has 23 heavy (non-hydrogen) atoms. The fourth-order valence-electron chi connectivity index (χ4n) is 2.47. The molecule has 5 nitrogen and oxygen atoms in total. The topological polar surface area (TPSA) is 71.7 Å². The fraction of sp³-hybridized carbons (Fsp3) is 0.118. The van der Waals surface area contributed by atoms with Crippen LogP contribution in [0.25, 0.3) is 11.0 Å². The first-order valence-electron chi connectivity index (χ1n) is 6.87. The Hall–Kier alpha value is -2.66. The first-order chi connectivity index (χ1) is 11.0. The molecule has 0 radical (unpaired) electrons. The monoisotopic (exact) mass is 331 g/mol. The van der Waals surface area contributed by atoms with E-state index in [1.54, 1.807) is 26.2 Å². The summed E-state index contributed by atoms with van der Waals surface area (Å²) in [6, 6.07) is 10.8. The van der Waals surface area contributed by atoms with Gasteiger partial charge < -0.3 is 19.6 Å². The van der Waals surface area contributed by atoms with Crippen molar-refractivity contribution < 1.29 is 19.1 Å². The van der Waals surface area contributed by atoms with Crippen LogP contribution < -0.4 is 10.1 Å². The summed E-state index contributed by atoms with van der Waals surface area (Å²) < 4.78 is 10.7. The number of carboxylic acid groups (broad SMARTS) is 1. The molecule has 1 aromatic heterocycles. The Kier molecular flexibility index (Phi) is 3.88. The second kappa shape index (κ2) is 5.85. The number of carboxylic acids is 1. The molecule has 0 aliphatic rings. The molecule has 1 heterocycles. The van der Waals surface area contributed by atoms with E-state index in [2.05, 4.69) is 5.32 Å². The minimum atomic E-state index is -1.12. The first-order valence-corrected chi connectivity index (χ1v) is 7.25. The smallest absolute Gasteiger partial charge is 0.372 e. The Balaban J connectivity index is 2.12. The molecule has 0 aliphatic heterocycles. The van der Waals surface area contributed by atoms with E-state index in [4.69, 9.17) is 20.8 Å². The molecule has 0 saturated heterocycles. The average molecular weight is 332 g/mol. The van der Waals surface area contributed by atoms with Crippen LogP contribution in [0.5, 0.6) is 5.75 Å². The lowest BCUT2D eigenvalue weighted by Crippen LogP contribution is -1.95. The van der Waals surface area contributed by atoms with Crippen molar-refractivity contribution in [2.75, 3.05) is 12.4 Å². The molecule has 118 valence electrons. The number of carbonyl (C=O) groups is 1. The predicted octanol–water partition coefficient (Wildman–Crippen LogP) is 4.85. The standard InChI is InChI=1S/C17H14ClNO4/c1-9-14-12(18)6-7-13(16(14)23-15(9)17(20)21)19-10-4-3-5-11(8-10)22-2/h3-8,19H,1-2H3,(H,20,21). The molecule has 0 fully saturated rings. The zero-order chi connectivity index (χ0) is 16.6. The Bertz CT molecular complexity index is 901. The van der Waals surface area contributed by atoms with Crippen LogP contribution in [-0.2, 0) is 0 Å². The summed E-state index contributed by atoms with van der Waals surface area (Å²) in [7, 11) is 1.59. The maximum Gasteiger partial charge on any atom is 0.372 e. The molecule has 0 aliphatic carbocycles. The van der Waals surface area contributed by atoms with Crippen molar-refractivity contribution in [1.29, 1.82) is 0 Å². The number of ether oxygens (including phenoxy) is 1. The van der Waals surface area contributed by atoms with Crippen LogP contribution in [0, 0.1) is 6.92 Å². The van der Waals surface area contributed by atoms with Gasteiger partial charge in [-0.05, 0) is 31.2 Å². The maximum absolute atomic E-state index is 11.3. The SMILES string of the molecule is COc1cccc(Nc2ccc(Cl)c3c(C)c(C(=O)O)oc23)c1. The van der Waals surface area contributed by atoms with Gasteiger partial charge in [0.25, 0.3) is 0 Å². The van der Waals surface area contributed by atoms with E-state index in [0.29, 0.717) is 33.0 Å². The maximum atomic E-state index is 11.3. The number of aromatic carboxylic acids is 1. The number of nitrogens with one attached hydrogen (secondary N) is 1. The molecule has 0 saturated carbocycles. The number of rotatable bonds is 4. The molecule has 0 atom stereocenters. The van der Waals surface area contributed by atoms with Gasteiger partial charge in [-0.25, -0.2) is 4.79 Å². The Morgan fingerprint density at radius 3 is 2.78 bits per heavy atom. The van der Waals surface area contributed by atoms with E-state index >= 15 is 0 Å². The third-order valence-electron chi connectivity index (χ3n) is 3.57. The van der Waals surface area contributed by atoms with Gasteiger partial charge >= 0.3 is 5.97 Å². The number of benzene rings is 2. The highest BCUT2D eigenvalue weighted by atomic mass is 35.5. The molecule has 2 aromatic carbocycles. The number of methoxy groups -OCH3 is 1. The molecule has 0 bridgehead atoms. The minimum absolute atomic E-state index is 0.109. The van der Waals surface area contributed by atoms with Crippen molar-refractivity contribution >= 4 is 39.9 Å². The summed E-state index contributed by atoms with van der Waals surface area (Å²) in [6.07, 6.45) is 0. The summed E-state index contributed by atoms with van der Waals surface area (Å²) in [5, 5.41) is 13.5. The lowest BCUT2D eigenvalue weighted by atomic mass is 10.1. The van der Waals surface area contributed by atoms with Gasteiger partial charge in [0.05, 0.1) is 17.8 Å². The Morgan fingerprint density at radius 1 is 1.30 bits per heavy atom. The van der Waals surface area contributed by atoms with Crippen molar-refractivity contribution in [3.8, 4) is 5.75 Å². The summed E-state index contributed by atoms with van der Waals surface area (Å²) >= 11 is 6.20. The van der Waals surface area contributed by atoms with E-state index < -0.39 is 5.97 Å². The molecule has 0 spiro atoms. The van der Waals surface area contributed by atoms with Crippen molar-refractivity contribution in [3.05, 3.63) is 52.7 Å². The van der Waals surface area contributed by atoms with Crippen molar-refractivity contribution in [1.82, 2.24) is 0 Å². The predicted molar refractivity (Wildman–Crippen MR) is 89.2 cm³/mol. The van der Waals surface area contributed by atoms with Crippen LogP contribution in [0.3, 0.4) is 0 Å². The average Bonchev–Trinajstić information content (AvgIpc) is 2.89. The lowest BCUT2D eigenvalue weighted by molar-refractivity contribution is 0.0664. The van der Waals surface area contributed by atoms with Crippen LogP contribution in [-0.4, -0.2) is 18.2 Å². The first kappa shape index (κ1) is 15.2. The van der Waals surface area contributed by atoms with Gasteiger partial charge in [0.1, 0.15) is 5.75 Å². The van der Waals surface area contributed by atoms with Gasteiger partial charge in [-0.1, -0.05) is 17.7 Å². The number of furan rings is 1. The molecule has 0 amide bonds. The molecule has 6 heteroatoms. The molecule has 3 rings (SSSR count). The number of anilines is 2. The second-order valence-corrected chi connectivity index (χ2v) is 5.42. The summed E-state index contributed by atoms with van der Waals surface area (Å²) in [4.78, 5) is 11.3. The van der Waals surface area contributed by atoms with Crippen molar-refractivity contribution in [3.63, 3.8) is 0 Å². The van der Waals surface area contributed by atoms with Crippen LogP contribution >= 0.6 is 11.6 Å². The van der Waals surface area contributed by atoms with E-state index in [-0.39, 0.29) is 5.76 Å². The van der Waals surface area contributed by atoms with Crippen LogP contribution in [0.15, 0.2) is 40.8 Å². The third kappa shape index (κ3) is 2.71. The highest BCUT2D eigenvalue weighted by Gasteiger charge is 2.21. The Labute approximate surface area is 137 Å². The van der Waals surface area contributed by atoms with Gasteiger partial charge in [-0.3, -0.25) is 0 Å². The third-order valence-corrected chi connectivity index (χ3v) is 3.88. The van der Waals surface area contributed by atoms with E-state index in [0.717, 1.165) is 5.69 Å². The highest BCUT2D eigenvalue weighted by molar-refractivity contribution is 6.36. The lowest BCUT2D eigenvalue weighted by Gasteiger charge is -2.09. The molecular formula is C17H14ClNO4. The quantitative estimate of drug-likeness (QED) is 0.715. The highest BCUT2D eigenvalue weighted by Crippen LogP contribution is 2.37. The second-order valence-electron chi connectivity index (χ2n) is 5.02. The molecule has 3 aromatic rings. The van der Waals surface area contributed by atoms with E-state index in [1.165, 1.54) is 0 Å². The van der Waals surface area contributed by atoms with Crippen molar-refractivity contribution in [2.45, 2.75) is 6.92 Å². The van der Waals surface area contributed by atoms with E-state index in [1.807, 2.05) is 24.3 Å². The number of hydrogen-bond acceptors (Lipinski definition) is 4. The normalized spacial score (nSPS) is 10.7. The number of fused-ring (bicyclic) bond motifs is 1. The van der Waals surface area contributed by atoms with Gasteiger partial charge in [-0.2, -0.15) is 0 Å². The Morgan fingerprint density at radius 2 is 2.09 bits per heavy atom. The zero-order valence-electron chi connectivity index (χ0n) is 12.5. The number of hydrogen-bond donors (Lipinski definition) is 2. The zero-order valence-corrected chi connectivity index (χ0v) is 13.3. The number of aryl methyl sites for hydroxylation is 1. The van der Waals surface area contributed by atoms with E-state index in [9.17, 15) is 9.90 Å². The summed E-state index contributed by atoms with van der Waals surface area (Å²) in [5.74, 6) is -0.522. The summed E-state index contributed by atoms with van der Waals surface area (Å²) in [5.41, 5.74) is 2.34. The number of halogens is 1. The van der Waals surface area contributed by atoms with Crippen LogP contribution in [0.1, 0.15) is 16.1 Å². The van der Waals surface area contributed by atoms with Gasteiger partial charge in [0.15, 0.2) is 5.58 Å². The molecular weight excluding hydrogens is 318 g/mol. The van der Waals surface area contributed by atoms with Gasteiger partial charge in [0.2, 0.25) is 5.76 Å². The molecule has 0 unspecified atom stereocenters. The van der Waals surface area contributed by atoms with Gasteiger partial charge in [0, 0.05) is 22.7 Å². The van der Waals surface area contributed by atoms with Crippen LogP contribution in [0.2, 0.25) is 5.02 Å². The van der Waals surface area contributed by atoms with Crippen LogP contribution in [0.4, 0.5) is 11.4 Å². The fourth-order valence-corrected chi connectivity index (χ4v) is 2.76. The molecule has 2 N–H and O–H groups in total. The van der Waals surface area contributed by atoms with Crippen molar-refractivity contribution in [2.24, 2.45) is 0 Å².